The van der Waals surface area contributed by atoms with Crippen LogP contribution in [0.3, 0.4) is 0 Å². The molecule has 2 fully saturated rings. The lowest BCUT2D eigenvalue weighted by Crippen LogP contribution is -2.39. The van der Waals surface area contributed by atoms with Gasteiger partial charge in [0.2, 0.25) is 0 Å². The zero-order valence-corrected chi connectivity index (χ0v) is 13.5. The van der Waals surface area contributed by atoms with E-state index >= 15 is 0 Å². The normalized spacial score (nSPS) is 28.4. The van der Waals surface area contributed by atoms with E-state index in [4.69, 9.17) is 14.6 Å². The van der Waals surface area contributed by atoms with Gasteiger partial charge < -0.3 is 24.6 Å². The van der Waals surface area contributed by atoms with Crippen LogP contribution in [-0.4, -0.2) is 75.6 Å². The smallest absolute Gasteiger partial charge is 0.351 e. The maximum absolute atomic E-state index is 12.2. The summed E-state index contributed by atoms with van der Waals surface area (Å²) in [7, 11) is 0. The number of morpholine rings is 1. The molecular formula is C15H22N4O5. The highest BCUT2D eigenvalue weighted by Gasteiger charge is 2.34. The van der Waals surface area contributed by atoms with Crippen LogP contribution in [0.2, 0.25) is 0 Å². The SMILES string of the molecule is C/C(=N/c1ccn([C@H]2CC(O)[C@@H](CO)O2)c(=O)n1)N1CCOCC1. The molecule has 2 aliphatic heterocycles. The number of ether oxygens (including phenoxy) is 2. The zero-order chi connectivity index (χ0) is 17.1. The topological polar surface area (TPSA) is 109 Å². The molecule has 9 heteroatoms. The van der Waals surface area contributed by atoms with Crippen LogP contribution >= 0.6 is 0 Å². The summed E-state index contributed by atoms with van der Waals surface area (Å²) in [6, 6.07) is 1.63. The quantitative estimate of drug-likeness (QED) is 0.552. The fourth-order valence-corrected chi connectivity index (χ4v) is 2.86. The minimum Gasteiger partial charge on any atom is -0.394 e. The number of aliphatic hydroxyl groups excluding tert-OH is 2. The Balaban J connectivity index is 1.74. The first-order chi connectivity index (χ1) is 11.6. The summed E-state index contributed by atoms with van der Waals surface area (Å²) in [6.45, 7) is 4.44. The van der Waals surface area contributed by atoms with E-state index in [0.29, 0.717) is 19.0 Å². The Morgan fingerprint density at radius 2 is 2.21 bits per heavy atom. The summed E-state index contributed by atoms with van der Waals surface area (Å²) in [5, 5.41) is 18.9. The molecule has 132 valence electrons. The van der Waals surface area contributed by atoms with Crippen LogP contribution in [0.15, 0.2) is 22.1 Å². The predicted octanol–water partition coefficient (Wildman–Crippen LogP) is -0.734. The number of aliphatic hydroxyl groups is 2. The molecule has 0 radical (unpaired) electrons. The van der Waals surface area contributed by atoms with E-state index in [-0.39, 0.29) is 13.0 Å². The minimum absolute atomic E-state index is 0.238. The molecule has 2 N–H and O–H groups in total. The fourth-order valence-electron chi connectivity index (χ4n) is 2.86. The summed E-state index contributed by atoms with van der Waals surface area (Å²) < 4.78 is 12.1. The molecule has 3 heterocycles. The second-order valence-electron chi connectivity index (χ2n) is 5.85. The van der Waals surface area contributed by atoms with Crippen molar-refractivity contribution < 1.29 is 19.7 Å². The average Bonchev–Trinajstić information content (AvgIpc) is 2.96. The Hall–Kier alpha value is -1.81. The Morgan fingerprint density at radius 3 is 2.83 bits per heavy atom. The number of aromatic nitrogens is 2. The molecule has 0 aliphatic carbocycles. The van der Waals surface area contributed by atoms with Gasteiger partial charge in [-0.25, -0.2) is 9.79 Å². The van der Waals surface area contributed by atoms with Crippen LogP contribution in [0.1, 0.15) is 19.6 Å². The third-order valence-corrected chi connectivity index (χ3v) is 4.25. The molecule has 1 aromatic rings. The highest BCUT2D eigenvalue weighted by atomic mass is 16.5. The average molecular weight is 338 g/mol. The first-order valence-electron chi connectivity index (χ1n) is 8.00. The number of hydrogen-bond acceptors (Lipinski definition) is 7. The molecule has 3 rings (SSSR count). The maximum atomic E-state index is 12.2. The highest BCUT2D eigenvalue weighted by molar-refractivity contribution is 5.82. The molecule has 0 spiro atoms. The van der Waals surface area contributed by atoms with E-state index in [0.717, 1.165) is 18.9 Å². The number of aliphatic imine (C=N–C) groups is 1. The van der Waals surface area contributed by atoms with E-state index in [9.17, 15) is 9.90 Å². The third-order valence-electron chi connectivity index (χ3n) is 4.25. The van der Waals surface area contributed by atoms with Gasteiger partial charge in [0.1, 0.15) is 18.2 Å². The van der Waals surface area contributed by atoms with Crippen molar-refractivity contribution in [3.8, 4) is 0 Å². The molecule has 3 atom stereocenters. The molecule has 9 nitrogen and oxygen atoms in total. The monoisotopic (exact) mass is 338 g/mol. The second kappa shape index (κ2) is 7.39. The molecule has 0 amide bonds. The molecule has 2 saturated heterocycles. The summed E-state index contributed by atoms with van der Waals surface area (Å²) in [6.07, 6.45) is -0.313. The molecular weight excluding hydrogens is 316 g/mol. The van der Waals surface area contributed by atoms with Gasteiger partial charge in [-0.15, -0.1) is 0 Å². The van der Waals surface area contributed by atoms with Crippen LogP contribution in [0, 0.1) is 0 Å². The number of amidine groups is 1. The summed E-state index contributed by atoms with van der Waals surface area (Å²) >= 11 is 0. The van der Waals surface area contributed by atoms with Crippen molar-refractivity contribution in [2.24, 2.45) is 4.99 Å². The van der Waals surface area contributed by atoms with Gasteiger partial charge in [0.05, 0.1) is 25.9 Å². The Morgan fingerprint density at radius 1 is 1.46 bits per heavy atom. The maximum Gasteiger partial charge on any atom is 0.351 e. The third kappa shape index (κ3) is 3.64. The van der Waals surface area contributed by atoms with Crippen LogP contribution in [0.4, 0.5) is 5.82 Å². The number of hydrogen-bond donors (Lipinski definition) is 2. The van der Waals surface area contributed by atoms with Crippen LogP contribution in [0.25, 0.3) is 0 Å². The van der Waals surface area contributed by atoms with E-state index in [1.807, 2.05) is 6.92 Å². The predicted molar refractivity (Wildman–Crippen MR) is 85.3 cm³/mol. The lowest BCUT2D eigenvalue weighted by Gasteiger charge is -2.28. The zero-order valence-electron chi connectivity index (χ0n) is 13.5. The molecule has 0 bridgehead atoms. The van der Waals surface area contributed by atoms with Crippen molar-refractivity contribution in [2.75, 3.05) is 32.9 Å². The van der Waals surface area contributed by atoms with Gasteiger partial charge in [-0.05, 0) is 13.0 Å². The van der Waals surface area contributed by atoms with Gasteiger partial charge >= 0.3 is 5.69 Å². The lowest BCUT2D eigenvalue weighted by atomic mass is 10.2. The largest absolute Gasteiger partial charge is 0.394 e. The van der Waals surface area contributed by atoms with Crippen LogP contribution in [-0.2, 0) is 9.47 Å². The van der Waals surface area contributed by atoms with Gasteiger partial charge in [-0.1, -0.05) is 0 Å². The van der Waals surface area contributed by atoms with Crippen molar-refractivity contribution in [2.45, 2.75) is 31.8 Å². The lowest BCUT2D eigenvalue weighted by molar-refractivity contribution is -0.0458. The first kappa shape index (κ1) is 17.0. The fraction of sp³-hybridized carbons (Fsp3) is 0.667. The minimum atomic E-state index is -0.798. The summed E-state index contributed by atoms with van der Waals surface area (Å²) in [5.74, 6) is 1.12. The number of rotatable bonds is 3. The van der Waals surface area contributed by atoms with Gasteiger partial charge in [0, 0.05) is 25.7 Å². The Kier molecular flexibility index (Phi) is 5.24. The van der Waals surface area contributed by atoms with E-state index in [2.05, 4.69) is 14.9 Å². The second-order valence-corrected chi connectivity index (χ2v) is 5.85. The van der Waals surface area contributed by atoms with Gasteiger partial charge in [0.15, 0.2) is 5.82 Å². The molecule has 1 aromatic heterocycles. The number of nitrogens with zero attached hydrogens (tertiary/aromatic N) is 4. The van der Waals surface area contributed by atoms with Gasteiger partial charge in [-0.3, -0.25) is 4.57 Å². The summed E-state index contributed by atoms with van der Waals surface area (Å²) in [4.78, 5) is 22.6. The van der Waals surface area contributed by atoms with Crippen LogP contribution in [0.5, 0.6) is 0 Å². The standard InChI is InChI=1S/C15H22N4O5/c1-10(18-4-6-23-7-5-18)16-13-2-3-19(15(22)17-13)14-8-11(21)12(9-20)24-14/h2-3,11-12,14,20-21H,4-9H2,1H3/b16-10-/t11?,12-,14-/m1/s1. The van der Waals surface area contributed by atoms with E-state index < -0.39 is 24.1 Å². The molecule has 24 heavy (non-hydrogen) atoms. The van der Waals surface area contributed by atoms with E-state index in [1.54, 1.807) is 12.3 Å². The highest BCUT2D eigenvalue weighted by Crippen LogP contribution is 2.27. The molecule has 0 aromatic carbocycles. The van der Waals surface area contributed by atoms with Crippen molar-refractivity contribution >= 4 is 11.7 Å². The van der Waals surface area contributed by atoms with Crippen molar-refractivity contribution in [3.05, 3.63) is 22.7 Å². The Bertz CT molecular complexity index is 656. The summed E-state index contributed by atoms with van der Waals surface area (Å²) in [5.41, 5.74) is -0.498. The van der Waals surface area contributed by atoms with Gasteiger partial charge in [0.25, 0.3) is 0 Å². The Labute approximate surface area is 139 Å². The van der Waals surface area contributed by atoms with Crippen molar-refractivity contribution in [1.82, 2.24) is 14.5 Å². The molecule has 2 aliphatic rings. The molecule has 0 saturated carbocycles. The van der Waals surface area contributed by atoms with Crippen LogP contribution < -0.4 is 5.69 Å². The van der Waals surface area contributed by atoms with Gasteiger partial charge in [-0.2, -0.15) is 4.98 Å². The first-order valence-corrected chi connectivity index (χ1v) is 8.00. The van der Waals surface area contributed by atoms with Crippen molar-refractivity contribution in [1.29, 1.82) is 0 Å². The molecule has 1 unspecified atom stereocenters. The van der Waals surface area contributed by atoms with E-state index in [1.165, 1.54) is 4.57 Å². The van der Waals surface area contributed by atoms with Crippen molar-refractivity contribution in [3.63, 3.8) is 0 Å².